The van der Waals surface area contributed by atoms with Gasteiger partial charge in [0.25, 0.3) is 0 Å². The summed E-state index contributed by atoms with van der Waals surface area (Å²) in [4.78, 5) is 4.46. The minimum atomic E-state index is 0.754. The lowest BCUT2D eigenvalue weighted by atomic mass is 10.1. The third kappa shape index (κ3) is 2.69. The van der Waals surface area contributed by atoms with Gasteiger partial charge in [-0.05, 0) is 18.4 Å². The summed E-state index contributed by atoms with van der Waals surface area (Å²) in [6.07, 6.45) is 4.27. The predicted octanol–water partition coefficient (Wildman–Crippen LogP) is 3.26. The van der Waals surface area contributed by atoms with Crippen LogP contribution in [0.1, 0.15) is 25.3 Å². The summed E-state index contributed by atoms with van der Waals surface area (Å²) in [6, 6.07) is 10.2. The molecule has 1 aromatic carbocycles. The lowest BCUT2D eigenvalue weighted by Crippen LogP contribution is -2.04. The molecule has 0 aliphatic carbocycles. The maximum Gasteiger partial charge on any atom is 0.185 e. The molecule has 1 aromatic rings. The van der Waals surface area contributed by atoms with Gasteiger partial charge >= 0.3 is 0 Å². The van der Waals surface area contributed by atoms with E-state index in [-0.39, 0.29) is 0 Å². The van der Waals surface area contributed by atoms with Crippen LogP contribution < -0.4 is 0 Å². The van der Waals surface area contributed by atoms with E-state index in [0.717, 1.165) is 36.6 Å². The van der Waals surface area contributed by atoms with E-state index < -0.39 is 0 Å². The van der Waals surface area contributed by atoms with Gasteiger partial charge in [0.15, 0.2) is 5.90 Å². The Balaban J connectivity index is 2.30. The van der Waals surface area contributed by atoms with Gasteiger partial charge in [-0.15, -0.1) is 0 Å². The first-order chi connectivity index (χ1) is 7.36. The van der Waals surface area contributed by atoms with E-state index in [1.54, 1.807) is 0 Å². The Kier molecular flexibility index (Phi) is 3.18. The van der Waals surface area contributed by atoms with Crippen LogP contribution in [0.3, 0.4) is 0 Å². The molecule has 15 heavy (non-hydrogen) atoms. The van der Waals surface area contributed by atoms with Crippen molar-refractivity contribution in [3.05, 3.63) is 42.0 Å². The van der Waals surface area contributed by atoms with Crippen LogP contribution in [0.2, 0.25) is 0 Å². The molecule has 0 bridgehead atoms. The van der Waals surface area contributed by atoms with Crippen LogP contribution in [0.25, 0.3) is 5.70 Å². The topological polar surface area (TPSA) is 21.6 Å². The molecule has 0 aromatic heterocycles. The number of hydrogen-bond donors (Lipinski definition) is 0. The maximum atomic E-state index is 5.44. The van der Waals surface area contributed by atoms with Crippen molar-refractivity contribution in [3.8, 4) is 0 Å². The van der Waals surface area contributed by atoms with Gasteiger partial charge in [-0.3, -0.25) is 0 Å². The summed E-state index contributed by atoms with van der Waals surface area (Å²) < 4.78 is 5.44. The highest BCUT2D eigenvalue weighted by Gasteiger charge is 2.03. The smallest absolute Gasteiger partial charge is 0.185 e. The first-order valence-electron chi connectivity index (χ1n) is 5.30. The molecule has 1 aliphatic rings. The lowest BCUT2D eigenvalue weighted by Gasteiger charge is -2.10. The Morgan fingerprint density at radius 1 is 1.20 bits per heavy atom. The number of aliphatic imine (C=N–C) groups is 1. The van der Waals surface area contributed by atoms with Gasteiger partial charge in [-0.2, -0.15) is 0 Å². The second kappa shape index (κ2) is 4.78. The fourth-order valence-electron chi connectivity index (χ4n) is 1.58. The molecule has 0 saturated heterocycles. The molecule has 0 amide bonds. The molecule has 0 saturated carbocycles. The molecule has 0 radical (unpaired) electrons. The minimum Gasteiger partial charge on any atom is -0.481 e. The van der Waals surface area contributed by atoms with Crippen molar-refractivity contribution in [3.63, 3.8) is 0 Å². The lowest BCUT2D eigenvalue weighted by molar-refractivity contribution is 0.296. The first-order valence-corrected chi connectivity index (χ1v) is 5.30. The monoisotopic (exact) mass is 201 g/mol. The summed E-state index contributed by atoms with van der Waals surface area (Å²) >= 11 is 0. The summed E-state index contributed by atoms with van der Waals surface area (Å²) in [7, 11) is 0. The van der Waals surface area contributed by atoms with Gasteiger partial charge in [0.2, 0.25) is 0 Å². The van der Waals surface area contributed by atoms with Crippen molar-refractivity contribution in [1.82, 2.24) is 0 Å². The molecule has 0 spiro atoms. The zero-order chi connectivity index (χ0) is 10.5. The molecule has 1 aliphatic heterocycles. The third-order valence-corrected chi connectivity index (χ3v) is 2.34. The van der Waals surface area contributed by atoms with Crippen molar-refractivity contribution in [1.29, 1.82) is 0 Å². The van der Waals surface area contributed by atoms with E-state index >= 15 is 0 Å². The highest BCUT2D eigenvalue weighted by molar-refractivity contribution is 5.82. The van der Waals surface area contributed by atoms with E-state index in [1.165, 1.54) is 0 Å². The average molecular weight is 201 g/mol. The first kappa shape index (κ1) is 9.97. The number of benzene rings is 1. The van der Waals surface area contributed by atoms with Gasteiger partial charge in [0.1, 0.15) is 0 Å². The molecule has 0 N–H and O–H groups in total. The fraction of sp³-hybridized carbons (Fsp3) is 0.308. The zero-order valence-corrected chi connectivity index (χ0v) is 8.94. The van der Waals surface area contributed by atoms with Crippen LogP contribution >= 0.6 is 0 Å². The van der Waals surface area contributed by atoms with E-state index in [1.807, 2.05) is 25.1 Å². The molecule has 2 heteroatoms. The van der Waals surface area contributed by atoms with Crippen LogP contribution in [-0.2, 0) is 4.74 Å². The normalized spacial score (nSPS) is 23.8. The number of ether oxygens (including phenoxy) is 1. The highest BCUT2D eigenvalue weighted by atomic mass is 16.5. The molecular formula is C13H15NO. The SMILES string of the molecule is C/C1=N/C(c2ccccc2)=C/CCCO1. The van der Waals surface area contributed by atoms with Gasteiger partial charge < -0.3 is 4.74 Å². The van der Waals surface area contributed by atoms with Crippen LogP contribution in [0, 0.1) is 0 Å². The number of rotatable bonds is 1. The fourth-order valence-corrected chi connectivity index (χ4v) is 1.58. The highest BCUT2D eigenvalue weighted by Crippen LogP contribution is 2.18. The van der Waals surface area contributed by atoms with Gasteiger partial charge in [0, 0.05) is 6.92 Å². The quantitative estimate of drug-likeness (QED) is 0.683. The third-order valence-electron chi connectivity index (χ3n) is 2.34. The van der Waals surface area contributed by atoms with E-state index in [2.05, 4.69) is 23.2 Å². The summed E-state index contributed by atoms with van der Waals surface area (Å²) in [5, 5.41) is 0. The van der Waals surface area contributed by atoms with Crippen molar-refractivity contribution in [2.45, 2.75) is 19.8 Å². The molecule has 2 rings (SSSR count). The second-order valence-electron chi connectivity index (χ2n) is 3.58. The zero-order valence-electron chi connectivity index (χ0n) is 8.94. The predicted molar refractivity (Wildman–Crippen MR) is 62.7 cm³/mol. The van der Waals surface area contributed by atoms with Crippen molar-refractivity contribution in [2.24, 2.45) is 4.99 Å². The molecule has 0 unspecified atom stereocenters. The van der Waals surface area contributed by atoms with Crippen molar-refractivity contribution >= 4 is 11.6 Å². The number of hydrogen-bond acceptors (Lipinski definition) is 2. The minimum absolute atomic E-state index is 0.754. The number of nitrogens with zero attached hydrogens (tertiary/aromatic N) is 1. The summed E-state index contributed by atoms with van der Waals surface area (Å²) in [5.74, 6) is 0.754. The van der Waals surface area contributed by atoms with Gasteiger partial charge in [-0.1, -0.05) is 36.4 Å². The van der Waals surface area contributed by atoms with E-state index in [0.29, 0.717) is 0 Å². The van der Waals surface area contributed by atoms with Crippen molar-refractivity contribution in [2.75, 3.05) is 6.61 Å². The Hall–Kier alpha value is -1.57. The Labute approximate surface area is 90.3 Å². The molecule has 2 nitrogen and oxygen atoms in total. The average Bonchev–Trinajstić information content (AvgIpc) is 2.24. The molecule has 78 valence electrons. The van der Waals surface area contributed by atoms with Crippen LogP contribution in [-0.4, -0.2) is 12.5 Å². The summed E-state index contributed by atoms with van der Waals surface area (Å²) in [5.41, 5.74) is 2.18. The molecule has 0 atom stereocenters. The summed E-state index contributed by atoms with van der Waals surface area (Å²) in [6.45, 7) is 2.68. The van der Waals surface area contributed by atoms with Crippen LogP contribution in [0.5, 0.6) is 0 Å². The van der Waals surface area contributed by atoms with Gasteiger partial charge in [-0.25, -0.2) is 4.99 Å². The Morgan fingerprint density at radius 3 is 2.80 bits per heavy atom. The van der Waals surface area contributed by atoms with Crippen LogP contribution in [0.15, 0.2) is 41.4 Å². The maximum absolute atomic E-state index is 5.44. The van der Waals surface area contributed by atoms with Crippen LogP contribution in [0.4, 0.5) is 0 Å². The second-order valence-corrected chi connectivity index (χ2v) is 3.58. The van der Waals surface area contributed by atoms with E-state index in [9.17, 15) is 0 Å². The largest absolute Gasteiger partial charge is 0.481 e. The molecule has 0 fully saturated rings. The Bertz CT molecular complexity index is 379. The number of allylic oxidation sites excluding steroid dienone is 1. The van der Waals surface area contributed by atoms with E-state index in [4.69, 9.17) is 4.74 Å². The van der Waals surface area contributed by atoms with Gasteiger partial charge in [0.05, 0.1) is 12.3 Å². The standard InChI is InChI=1S/C13H15NO/c1-11-14-13(9-5-6-10-15-11)12-7-3-2-4-8-12/h2-4,7-9H,5-6,10H2,1H3/b13-9+,14-11-. The van der Waals surface area contributed by atoms with Crippen molar-refractivity contribution < 1.29 is 4.74 Å². The molecular weight excluding hydrogens is 186 g/mol. The molecule has 1 heterocycles. The Morgan fingerprint density at radius 2 is 2.00 bits per heavy atom.